The molecule has 0 spiro atoms. The summed E-state index contributed by atoms with van der Waals surface area (Å²) >= 11 is 0. The molecule has 7 nitrogen and oxygen atoms in total. The number of benzene rings is 3. The standard InChI is InChI=1S/C31H28F3N5O2/c1-20(30(41)38-14-12-21(17-35)18-38)22-5-7-23(8-6-22)24-9-10-28-27(15-24)36-19-39(28)26-4-2-3-25(16-26)37-29(40)11-13-31(32,33)34/h2-10,15-16,19-21H,11-14,18H2,1H3,(H,37,40). The lowest BCUT2D eigenvalue weighted by molar-refractivity contribution is -0.142. The molecular formula is C31H28F3N5O2. The molecule has 0 bridgehead atoms. The van der Waals surface area contributed by atoms with E-state index in [9.17, 15) is 22.8 Å². The monoisotopic (exact) mass is 559 g/mol. The number of nitriles is 1. The summed E-state index contributed by atoms with van der Waals surface area (Å²) in [6.45, 7) is 3.00. The lowest BCUT2D eigenvalue weighted by atomic mass is 9.96. The van der Waals surface area contributed by atoms with Crippen molar-refractivity contribution in [3.05, 3.63) is 78.6 Å². The molecule has 1 aliphatic heterocycles. The Morgan fingerprint density at radius 3 is 2.56 bits per heavy atom. The van der Waals surface area contributed by atoms with Crippen molar-refractivity contribution in [2.24, 2.45) is 5.92 Å². The molecule has 10 heteroatoms. The van der Waals surface area contributed by atoms with Gasteiger partial charge in [-0.1, -0.05) is 36.4 Å². The summed E-state index contributed by atoms with van der Waals surface area (Å²) in [5.74, 6) is -1.06. The third kappa shape index (κ3) is 6.40. The predicted molar refractivity (Wildman–Crippen MR) is 149 cm³/mol. The molecule has 4 aromatic rings. The second kappa shape index (κ2) is 11.5. The van der Waals surface area contributed by atoms with Gasteiger partial charge < -0.3 is 10.2 Å². The number of rotatable bonds is 7. The molecule has 2 unspecified atom stereocenters. The molecule has 5 rings (SSSR count). The number of amides is 2. The summed E-state index contributed by atoms with van der Waals surface area (Å²) in [4.78, 5) is 31.2. The Hall–Kier alpha value is -4.65. The van der Waals surface area contributed by atoms with Crippen LogP contribution in [0.5, 0.6) is 0 Å². The molecule has 210 valence electrons. The van der Waals surface area contributed by atoms with Crippen molar-refractivity contribution < 1.29 is 22.8 Å². The van der Waals surface area contributed by atoms with Crippen LogP contribution in [-0.2, 0) is 9.59 Å². The molecule has 0 radical (unpaired) electrons. The molecule has 2 heterocycles. The van der Waals surface area contributed by atoms with Gasteiger partial charge >= 0.3 is 6.18 Å². The van der Waals surface area contributed by atoms with Gasteiger partial charge in [-0.25, -0.2) is 4.98 Å². The topological polar surface area (TPSA) is 91.0 Å². The third-order valence-corrected chi connectivity index (χ3v) is 7.39. The van der Waals surface area contributed by atoms with Crippen LogP contribution in [0.1, 0.15) is 37.7 Å². The molecule has 2 amide bonds. The van der Waals surface area contributed by atoms with Gasteiger partial charge in [-0.2, -0.15) is 18.4 Å². The average molecular weight is 560 g/mol. The van der Waals surface area contributed by atoms with Crippen LogP contribution < -0.4 is 5.32 Å². The Morgan fingerprint density at radius 1 is 1.10 bits per heavy atom. The normalized spacial score (nSPS) is 16.0. The number of anilines is 1. The molecule has 1 saturated heterocycles. The highest BCUT2D eigenvalue weighted by Crippen LogP contribution is 2.29. The number of carbonyl (C=O) groups is 2. The van der Waals surface area contributed by atoms with Gasteiger partial charge in [-0.05, 0) is 60.4 Å². The van der Waals surface area contributed by atoms with E-state index >= 15 is 0 Å². The van der Waals surface area contributed by atoms with E-state index in [0.717, 1.165) is 34.1 Å². The Kier molecular flexibility index (Phi) is 7.79. The summed E-state index contributed by atoms with van der Waals surface area (Å²) < 4.78 is 39.1. The highest BCUT2D eigenvalue weighted by molar-refractivity contribution is 5.91. The summed E-state index contributed by atoms with van der Waals surface area (Å²) in [5.41, 5.74) is 5.51. The minimum Gasteiger partial charge on any atom is -0.341 e. The van der Waals surface area contributed by atoms with E-state index in [1.165, 1.54) is 0 Å². The molecular weight excluding hydrogens is 531 g/mol. The highest BCUT2D eigenvalue weighted by Gasteiger charge is 2.30. The van der Waals surface area contributed by atoms with Crippen LogP contribution in [0.15, 0.2) is 73.1 Å². The smallest absolute Gasteiger partial charge is 0.341 e. The average Bonchev–Trinajstić information content (AvgIpc) is 3.62. The Balaban J connectivity index is 1.29. The van der Waals surface area contributed by atoms with Crippen LogP contribution in [0.2, 0.25) is 0 Å². The van der Waals surface area contributed by atoms with Crippen LogP contribution in [0.25, 0.3) is 27.8 Å². The van der Waals surface area contributed by atoms with Crippen LogP contribution in [0, 0.1) is 17.2 Å². The second-order valence-corrected chi connectivity index (χ2v) is 10.3. The second-order valence-electron chi connectivity index (χ2n) is 10.3. The molecule has 1 aromatic heterocycles. The maximum atomic E-state index is 12.9. The zero-order valence-corrected chi connectivity index (χ0v) is 22.4. The number of fused-ring (bicyclic) bond motifs is 1. The Labute approximate surface area is 235 Å². The first kappa shape index (κ1) is 27.9. The van der Waals surface area contributed by atoms with Gasteiger partial charge in [-0.3, -0.25) is 14.2 Å². The van der Waals surface area contributed by atoms with Crippen LogP contribution in [-0.4, -0.2) is 45.5 Å². The number of nitrogens with zero attached hydrogens (tertiary/aromatic N) is 4. The first-order valence-electron chi connectivity index (χ1n) is 13.3. The number of hydrogen-bond acceptors (Lipinski definition) is 4. The summed E-state index contributed by atoms with van der Waals surface area (Å²) in [7, 11) is 0. The fourth-order valence-corrected chi connectivity index (χ4v) is 5.06. The van der Waals surface area contributed by atoms with E-state index < -0.39 is 24.9 Å². The molecule has 1 fully saturated rings. The van der Waals surface area contributed by atoms with Gasteiger partial charge in [0, 0.05) is 30.9 Å². The maximum absolute atomic E-state index is 12.9. The lowest BCUT2D eigenvalue weighted by Crippen LogP contribution is -2.32. The number of hydrogen-bond donors (Lipinski definition) is 1. The first-order valence-corrected chi connectivity index (χ1v) is 13.3. The fraction of sp³-hybridized carbons (Fsp3) is 0.290. The van der Waals surface area contributed by atoms with Crippen molar-refractivity contribution >= 4 is 28.5 Å². The van der Waals surface area contributed by atoms with Crippen LogP contribution in [0.3, 0.4) is 0 Å². The van der Waals surface area contributed by atoms with Gasteiger partial charge in [0.1, 0.15) is 6.33 Å². The minimum absolute atomic E-state index is 0.0346. The number of imidazole rings is 1. The van der Waals surface area contributed by atoms with Crippen molar-refractivity contribution in [2.45, 2.75) is 38.3 Å². The summed E-state index contributed by atoms with van der Waals surface area (Å²) in [6.07, 6.45) is -3.81. The number of aromatic nitrogens is 2. The van der Waals surface area contributed by atoms with E-state index in [1.54, 1.807) is 29.4 Å². The molecule has 41 heavy (non-hydrogen) atoms. The number of likely N-dealkylation sites (tertiary alicyclic amines) is 1. The van der Waals surface area contributed by atoms with E-state index in [2.05, 4.69) is 16.4 Å². The fourth-order valence-electron chi connectivity index (χ4n) is 5.06. The summed E-state index contributed by atoms with van der Waals surface area (Å²) in [6, 6.07) is 22.8. The SMILES string of the molecule is CC(C(=O)N1CCC(C#N)C1)c1ccc(-c2ccc3c(c2)ncn3-c2cccc(NC(=O)CCC(F)(F)F)c2)cc1. The van der Waals surface area contributed by atoms with Gasteiger partial charge in [0.2, 0.25) is 11.8 Å². The zero-order valence-electron chi connectivity index (χ0n) is 22.4. The molecule has 1 N–H and O–H groups in total. The number of nitrogens with one attached hydrogen (secondary N) is 1. The van der Waals surface area contributed by atoms with Crippen LogP contribution in [0.4, 0.5) is 18.9 Å². The first-order chi connectivity index (χ1) is 19.6. The quantitative estimate of drug-likeness (QED) is 0.282. The number of halogens is 3. The molecule has 0 aliphatic carbocycles. The van der Waals surface area contributed by atoms with Crippen molar-refractivity contribution in [1.82, 2.24) is 14.5 Å². The minimum atomic E-state index is -4.38. The maximum Gasteiger partial charge on any atom is 0.389 e. The van der Waals surface area contributed by atoms with E-state index in [1.807, 2.05) is 60.0 Å². The zero-order chi connectivity index (χ0) is 29.1. The number of carbonyl (C=O) groups excluding carboxylic acids is 2. The van der Waals surface area contributed by atoms with Gasteiger partial charge in [0.05, 0.1) is 35.4 Å². The Morgan fingerprint density at radius 2 is 1.85 bits per heavy atom. The van der Waals surface area contributed by atoms with Crippen molar-refractivity contribution in [3.63, 3.8) is 0 Å². The predicted octanol–water partition coefficient (Wildman–Crippen LogP) is 6.45. The molecule has 1 aliphatic rings. The Bertz CT molecular complexity index is 1620. The molecule has 0 saturated carbocycles. The van der Waals surface area contributed by atoms with Gasteiger partial charge in [0.25, 0.3) is 0 Å². The highest BCUT2D eigenvalue weighted by atomic mass is 19.4. The van der Waals surface area contributed by atoms with Crippen molar-refractivity contribution in [2.75, 3.05) is 18.4 Å². The van der Waals surface area contributed by atoms with E-state index in [-0.39, 0.29) is 17.7 Å². The van der Waals surface area contributed by atoms with E-state index in [0.29, 0.717) is 24.5 Å². The third-order valence-electron chi connectivity index (χ3n) is 7.39. The largest absolute Gasteiger partial charge is 0.389 e. The van der Waals surface area contributed by atoms with Gasteiger partial charge in [-0.15, -0.1) is 0 Å². The van der Waals surface area contributed by atoms with Crippen molar-refractivity contribution in [3.8, 4) is 22.9 Å². The van der Waals surface area contributed by atoms with Crippen LogP contribution >= 0.6 is 0 Å². The lowest BCUT2D eigenvalue weighted by Gasteiger charge is -2.21. The molecule has 3 aromatic carbocycles. The molecule has 2 atom stereocenters. The van der Waals surface area contributed by atoms with E-state index in [4.69, 9.17) is 5.26 Å². The summed E-state index contributed by atoms with van der Waals surface area (Å²) in [5, 5.41) is 11.7. The number of alkyl halides is 3. The van der Waals surface area contributed by atoms with Crippen molar-refractivity contribution in [1.29, 1.82) is 5.26 Å². The van der Waals surface area contributed by atoms with Gasteiger partial charge in [0.15, 0.2) is 0 Å².